The molecular formula is C27H33F2N5O6. The third-order valence-corrected chi connectivity index (χ3v) is 5.56. The van der Waals surface area contributed by atoms with E-state index in [2.05, 4.69) is 21.3 Å². The molecule has 0 aliphatic heterocycles. The Labute approximate surface area is 230 Å². The summed E-state index contributed by atoms with van der Waals surface area (Å²) < 4.78 is 26.9. The molecule has 13 heteroatoms. The summed E-state index contributed by atoms with van der Waals surface area (Å²) in [5.41, 5.74) is 1.41. The molecule has 0 unspecified atom stereocenters. The van der Waals surface area contributed by atoms with Crippen LogP contribution < -0.4 is 26.7 Å². The van der Waals surface area contributed by atoms with Gasteiger partial charge < -0.3 is 21.3 Å². The monoisotopic (exact) mass is 561 g/mol. The fraction of sp³-hybridized carbons (Fsp3) is 0.370. The van der Waals surface area contributed by atoms with Crippen molar-refractivity contribution in [2.24, 2.45) is 5.41 Å². The van der Waals surface area contributed by atoms with Crippen LogP contribution in [-0.4, -0.2) is 53.4 Å². The molecule has 0 aliphatic carbocycles. The maximum Gasteiger partial charge on any atom is 0.274 e. The number of rotatable bonds is 11. The van der Waals surface area contributed by atoms with Crippen LogP contribution in [-0.2, 0) is 20.9 Å². The minimum absolute atomic E-state index is 0.0384. The number of hydroxylamine groups is 1. The van der Waals surface area contributed by atoms with E-state index in [1.807, 2.05) is 20.8 Å². The van der Waals surface area contributed by atoms with Gasteiger partial charge in [-0.05, 0) is 42.7 Å². The zero-order valence-corrected chi connectivity index (χ0v) is 22.6. The first kappa shape index (κ1) is 31.8. The molecule has 0 heterocycles. The van der Waals surface area contributed by atoms with E-state index in [-0.39, 0.29) is 28.7 Å². The van der Waals surface area contributed by atoms with Gasteiger partial charge in [0.2, 0.25) is 17.7 Å². The van der Waals surface area contributed by atoms with Crippen LogP contribution in [0.1, 0.15) is 60.4 Å². The largest absolute Gasteiger partial charge is 0.355 e. The van der Waals surface area contributed by atoms with Crippen LogP contribution in [0.2, 0.25) is 0 Å². The minimum atomic E-state index is -1.38. The predicted molar refractivity (Wildman–Crippen MR) is 140 cm³/mol. The van der Waals surface area contributed by atoms with Crippen molar-refractivity contribution in [2.75, 3.05) is 6.54 Å². The summed E-state index contributed by atoms with van der Waals surface area (Å²) in [6, 6.07) is 5.53. The van der Waals surface area contributed by atoms with Crippen molar-refractivity contribution in [3.63, 3.8) is 0 Å². The van der Waals surface area contributed by atoms with Crippen LogP contribution in [0.25, 0.3) is 0 Å². The average Bonchev–Trinajstić information content (AvgIpc) is 2.89. The molecule has 216 valence electrons. The second kappa shape index (κ2) is 14.1. The van der Waals surface area contributed by atoms with Gasteiger partial charge in [-0.2, -0.15) is 0 Å². The SMILES string of the molecule is C[C@H](NC(=O)[C@H](CC(=O)NCC(C)(C)C)NC(=O)c1ccc(C(=O)NO)cc1)C(=O)NCc1ccc(F)cc1F. The Morgan fingerprint density at radius 3 is 2.00 bits per heavy atom. The van der Waals surface area contributed by atoms with Gasteiger partial charge >= 0.3 is 0 Å². The standard InChI is InChI=1S/C27H33F2N5O6/c1-15(23(36)30-13-18-9-10-19(28)11-20(18)29)32-26(39)21(12-22(35)31-14-27(2,3)4)33-24(37)16-5-7-17(8-6-16)25(38)34-40/h5-11,15,21,40H,12-14H2,1-4H3,(H,30,36)(H,31,35)(H,32,39)(H,33,37)(H,34,38)/t15-,21-/m0/s1. The van der Waals surface area contributed by atoms with Crippen LogP contribution in [0.5, 0.6) is 0 Å². The van der Waals surface area contributed by atoms with Crippen LogP contribution in [0, 0.1) is 17.0 Å². The molecule has 2 rings (SSSR count). The van der Waals surface area contributed by atoms with Crippen molar-refractivity contribution in [1.82, 2.24) is 26.7 Å². The molecule has 0 fully saturated rings. The molecule has 0 bridgehead atoms. The van der Waals surface area contributed by atoms with Crippen LogP contribution in [0.3, 0.4) is 0 Å². The van der Waals surface area contributed by atoms with Crippen molar-refractivity contribution < 1.29 is 38.0 Å². The normalized spacial score (nSPS) is 12.5. The van der Waals surface area contributed by atoms with Gasteiger partial charge in [0.15, 0.2) is 0 Å². The second-order valence-corrected chi connectivity index (χ2v) is 10.3. The number of hydrogen-bond donors (Lipinski definition) is 6. The van der Waals surface area contributed by atoms with E-state index in [0.29, 0.717) is 12.6 Å². The van der Waals surface area contributed by atoms with E-state index in [9.17, 15) is 32.8 Å². The molecule has 0 aromatic heterocycles. The molecule has 0 saturated heterocycles. The van der Waals surface area contributed by atoms with Crippen molar-refractivity contribution in [2.45, 2.75) is 52.7 Å². The summed E-state index contributed by atoms with van der Waals surface area (Å²) in [5.74, 6) is -5.15. The van der Waals surface area contributed by atoms with E-state index >= 15 is 0 Å². The maximum absolute atomic E-state index is 13.8. The molecule has 0 radical (unpaired) electrons. The number of nitrogens with one attached hydrogen (secondary N) is 5. The molecule has 2 aromatic rings. The lowest BCUT2D eigenvalue weighted by Gasteiger charge is -2.23. The van der Waals surface area contributed by atoms with Gasteiger partial charge in [-0.1, -0.05) is 26.8 Å². The van der Waals surface area contributed by atoms with Crippen LogP contribution >= 0.6 is 0 Å². The fourth-order valence-electron chi connectivity index (χ4n) is 3.29. The van der Waals surface area contributed by atoms with Gasteiger partial charge in [0.1, 0.15) is 23.7 Å². The van der Waals surface area contributed by atoms with Gasteiger partial charge in [0, 0.05) is 35.8 Å². The van der Waals surface area contributed by atoms with Gasteiger partial charge in [-0.15, -0.1) is 0 Å². The predicted octanol–water partition coefficient (Wildman–Crippen LogP) is 1.56. The summed E-state index contributed by atoms with van der Waals surface area (Å²) >= 11 is 0. The van der Waals surface area contributed by atoms with E-state index in [0.717, 1.165) is 6.07 Å². The average molecular weight is 562 g/mol. The molecule has 0 aliphatic rings. The zero-order chi connectivity index (χ0) is 30.0. The topological polar surface area (TPSA) is 166 Å². The van der Waals surface area contributed by atoms with E-state index in [4.69, 9.17) is 5.21 Å². The minimum Gasteiger partial charge on any atom is -0.355 e. The smallest absolute Gasteiger partial charge is 0.274 e. The summed E-state index contributed by atoms with van der Waals surface area (Å²) in [4.78, 5) is 62.4. The first-order chi connectivity index (χ1) is 18.7. The van der Waals surface area contributed by atoms with Crippen molar-refractivity contribution in [3.05, 3.63) is 70.8 Å². The lowest BCUT2D eigenvalue weighted by molar-refractivity contribution is -0.131. The molecule has 6 N–H and O–H groups in total. The second-order valence-electron chi connectivity index (χ2n) is 10.3. The molecular weight excluding hydrogens is 528 g/mol. The highest BCUT2D eigenvalue weighted by Gasteiger charge is 2.28. The van der Waals surface area contributed by atoms with Crippen molar-refractivity contribution in [3.8, 4) is 0 Å². The van der Waals surface area contributed by atoms with Gasteiger partial charge in [0.25, 0.3) is 11.8 Å². The van der Waals surface area contributed by atoms with Crippen LogP contribution in [0.4, 0.5) is 8.78 Å². The Bertz CT molecular complexity index is 1250. The lowest BCUT2D eigenvalue weighted by Crippen LogP contribution is -2.54. The molecule has 11 nitrogen and oxygen atoms in total. The number of carbonyl (C=O) groups excluding carboxylic acids is 5. The Morgan fingerprint density at radius 2 is 1.45 bits per heavy atom. The fourth-order valence-corrected chi connectivity index (χ4v) is 3.29. The highest BCUT2D eigenvalue weighted by molar-refractivity contribution is 6.01. The molecule has 2 aromatic carbocycles. The van der Waals surface area contributed by atoms with Crippen LogP contribution in [0.15, 0.2) is 42.5 Å². The van der Waals surface area contributed by atoms with E-state index in [1.54, 1.807) is 0 Å². The maximum atomic E-state index is 13.8. The number of amides is 5. The van der Waals surface area contributed by atoms with Crippen molar-refractivity contribution >= 4 is 29.5 Å². The molecule has 5 amide bonds. The number of halogens is 2. The third-order valence-electron chi connectivity index (χ3n) is 5.56. The lowest BCUT2D eigenvalue weighted by atomic mass is 9.97. The summed E-state index contributed by atoms with van der Waals surface area (Å²) in [6.07, 6.45) is -0.437. The Kier molecular flexibility index (Phi) is 11.2. The zero-order valence-electron chi connectivity index (χ0n) is 22.6. The molecule has 2 atom stereocenters. The highest BCUT2D eigenvalue weighted by Crippen LogP contribution is 2.11. The summed E-state index contributed by atoms with van der Waals surface area (Å²) in [5, 5.41) is 18.7. The van der Waals surface area contributed by atoms with Crippen molar-refractivity contribution in [1.29, 1.82) is 0 Å². The van der Waals surface area contributed by atoms with Gasteiger partial charge in [-0.25, -0.2) is 14.3 Å². The Balaban J connectivity index is 2.10. The first-order valence-corrected chi connectivity index (χ1v) is 12.3. The third kappa shape index (κ3) is 10.1. The van der Waals surface area contributed by atoms with Gasteiger partial charge in [-0.3, -0.25) is 29.2 Å². The van der Waals surface area contributed by atoms with E-state index < -0.39 is 59.7 Å². The number of carbonyl (C=O) groups is 5. The van der Waals surface area contributed by atoms with E-state index in [1.165, 1.54) is 42.7 Å². The summed E-state index contributed by atoms with van der Waals surface area (Å²) in [6.45, 7) is 7.11. The first-order valence-electron chi connectivity index (χ1n) is 12.3. The Morgan fingerprint density at radius 1 is 0.850 bits per heavy atom. The molecule has 40 heavy (non-hydrogen) atoms. The highest BCUT2D eigenvalue weighted by atomic mass is 19.1. The summed E-state index contributed by atoms with van der Waals surface area (Å²) in [7, 11) is 0. The molecule has 0 saturated carbocycles. The quantitative estimate of drug-likeness (QED) is 0.180. The van der Waals surface area contributed by atoms with Gasteiger partial charge in [0.05, 0.1) is 6.42 Å². The molecule has 0 spiro atoms. The number of benzene rings is 2. The Hall–Kier alpha value is -4.39. The number of hydrogen-bond acceptors (Lipinski definition) is 6.